The van der Waals surface area contributed by atoms with Crippen molar-refractivity contribution in [1.82, 2.24) is 4.90 Å². The first-order chi connectivity index (χ1) is 11.6. The smallest absolute Gasteiger partial charge is 0.341 e. The number of nitrogens with zero attached hydrogens (tertiary/aromatic N) is 1. The molecular formula is C16H21ClN2O5S. The first-order valence-electron chi connectivity index (χ1n) is 7.91. The van der Waals surface area contributed by atoms with E-state index in [1.807, 2.05) is 0 Å². The van der Waals surface area contributed by atoms with Gasteiger partial charge < -0.3 is 15.4 Å². The molecule has 138 valence electrons. The third-order valence-electron chi connectivity index (χ3n) is 4.14. The second kappa shape index (κ2) is 7.61. The molecule has 1 aliphatic rings. The molecule has 1 aromatic rings. The van der Waals surface area contributed by atoms with E-state index >= 15 is 0 Å². The molecule has 0 bridgehead atoms. The number of carbonyl (C=O) groups excluding carboxylic acids is 2. The van der Waals surface area contributed by atoms with E-state index in [1.165, 1.54) is 30.0 Å². The van der Waals surface area contributed by atoms with Gasteiger partial charge in [0, 0.05) is 23.3 Å². The minimum atomic E-state index is -3.12. The van der Waals surface area contributed by atoms with Gasteiger partial charge in [-0.25, -0.2) is 13.2 Å². The summed E-state index contributed by atoms with van der Waals surface area (Å²) in [5.41, 5.74) is 6.02. The molecule has 2 rings (SSSR count). The Kier molecular flexibility index (Phi) is 5.95. The zero-order chi connectivity index (χ0) is 18.8. The molecule has 0 unspecified atom stereocenters. The number of rotatable bonds is 5. The van der Waals surface area contributed by atoms with Crippen LogP contribution in [0.5, 0.6) is 0 Å². The summed E-state index contributed by atoms with van der Waals surface area (Å²) in [4.78, 5) is 26.2. The summed E-state index contributed by atoms with van der Waals surface area (Å²) in [5, 5.41) is 0.387. The molecule has 0 radical (unpaired) electrons. The van der Waals surface area contributed by atoms with Gasteiger partial charge >= 0.3 is 5.97 Å². The summed E-state index contributed by atoms with van der Waals surface area (Å²) < 4.78 is 28.5. The molecule has 9 heteroatoms. The summed E-state index contributed by atoms with van der Waals surface area (Å²) in [6, 6.07) is 3.97. The third kappa shape index (κ3) is 4.64. The normalized spacial score (nSPS) is 20.0. The number of ether oxygens (including phenoxy) is 1. The van der Waals surface area contributed by atoms with Crippen LogP contribution in [-0.4, -0.2) is 55.4 Å². The number of nitrogen functional groups attached to an aromatic ring is 1. The maximum absolute atomic E-state index is 12.6. The first-order valence-corrected chi connectivity index (χ1v) is 10.1. The van der Waals surface area contributed by atoms with E-state index in [9.17, 15) is 18.0 Å². The Morgan fingerprint density at radius 2 is 2.12 bits per heavy atom. The highest BCUT2D eigenvalue weighted by Gasteiger charge is 2.36. The first kappa shape index (κ1) is 19.5. The second-order valence-electron chi connectivity index (χ2n) is 5.96. The van der Waals surface area contributed by atoms with Crippen molar-refractivity contribution in [3.8, 4) is 0 Å². The number of likely N-dealkylation sites (N-methyl/N-ethyl adjacent to an activating group) is 1. The van der Waals surface area contributed by atoms with E-state index in [0.29, 0.717) is 18.0 Å². The van der Waals surface area contributed by atoms with Crippen molar-refractivity contribution in [2.24, 2.45) is 0 Å². The van der Waals surface area contributed by atoms with Crippen LogP contribution >= 0.6 is 11.6 Å². The largest absolute Gasteiger partial charge is 0.449 e. The number of nitrogens with two attached hydrogens (primary N) is 1. The standard InChI is InChI=1S/C16H21ClN2O5S/c1-3-19(12-6-7-25(22,23)9-12)15(20)10(2)24-16(21)13-5-4-11(17)8-14(13)18/h4-5,8,10,12H,3,6-7,9,18H2,1-2H3/t10-,12-/m1/s1. The lowest BCUT2D eigenvalue weighted by Crippen LogP contribution is -2.46. The van der Waals surface area contributed by atoms with E-state index in [-0.39, 0.29) is 28.8 Å². The number of benzene rings is 1. The Morgan fingerprint density at radius 1 is 1.44 bits per heavy atom. The molecule has 1 fully saturated rings. The van der Waals surface area contributed by atoms with Gasteiger partial charge in [-0.2, -0.15) is 0 Å². The predicted molar refractivity (Wildman–Crippen MR) is 95.2 cm³/mol. The van der Waals surface area contributed by atoms with Crippen LogP contribution in [0.15, 0.2) is 18.2 Å². The van der Waals surface area contributed by atoms with Gasteiger partial charge in [0.25, 0.3) is 5.91 Å². The van der Waals surface area contributed by atoms with Crippen LogP contribution in [0.4, 0.5) is 5.69 Å². The lowest BCUT2D eigenvalue weighted by Gasteiger charge is -2.29. The molecule has 25 heavy (non-hydrogen) atoms. The lowest BCUT2D eigenvalue weighted by atomic mass is 10.1. The molecule has 2 atom stereocenters. The Bertz CT molecular complexity index is 781. The quantitative estimate of drug-likeness (QED) is 0.605. The summed E-state index contributed by atoms with van der Waals surface area (Å²) in [5.74, 6) is -1.15. The number of hydrogen-bond donors (Lipinski definition) is 1. The van der Waals surface area contributed by atoms with Crippen molar-refractivity contribution in [1.29, 1.82) is 0 Å². The molecule has 0 saturated carbocycles. The fourth-order valence-electron chi connectivity index (χ4n) is 2.84. The monoisotopic (exact) mass is 388 g/mol. The van der Waals surface area contributed by atoms with Crippen LogP contribution in [0.1, 0.15) is 30.6 Å². The van der Waals surface area contributed by atoms with Gasteiger partial charge in [-0.05, 0) is 38.5 Å². The van der Waals surface area contributed by atoms with Gasteiger partial charge in [0.2, 0.25) is 0 Å². The van der Waals surface area contributed by atoms with Crippen LogP contribution in [0, 0.1) is 0 Å². The molecule has 0 aliphatic carbocycles. The highest BCUT2D eigenvalue weighted by Crippen LogP contribution is 2.21. The average molecular weight is 389 g/mol. The zero-order valence-electron chi connectivity index (χ0n) is 14.1. The Hall–Kier alpha value is -1.80. The Balaban J connectivity index is 2.06. The van der Waals surface area contributed by atoms with E-state index in [1.54, 1.807) is 6.92 Å². The van der Waals surface area contributed by atoms with Crippen molar-refractivity contribution < 1.29 is 22.7 Å². The summed E-state index contributed by atoms with van der Waals surface area (Å²) >= 11 is 5.79. The number of esters is 1. The van der Waals surface area contributed by atoms with Crippen molar-refractivity contribution in [3.63, 3.8) is 0 Å². The number of hydrogen-bond acceptors (Lipinski definition) is 6. The van der Waals surface area contributed by atoms with Crippen LogP contribution in [0.25, 0.3) is 0 Å². The molecule has 0 aromatic heterocycles. The number of carbonyl (C=O) groups is 2. The molecule has 0 spiro atoms. The highest BCUT2D eigenvalue weighted by atomic mass is 35.5. The molecule has 1 heterocycles. The minimum absolute atomic E-state index is 0.0582. The van der Waals surface area contributed by atoms with Gasteiger partial charge in [-0.1, -0.05) is 11.6 Å². The minimum Gasteiger partial charge on any atom is -0.449 e. The maximum atomic E-state index is 12.6. The fourth-order valence-corrected chi connectivity index (χ4v) is 4.75. The second-order valence-corrected chi connectivity index (χ2v) is 8.63. The van der Waals surface area contributed by atoms with Crippen molar-refractivity contribution >= 4 is 39.0 Å². The summed E-state index contributed by atoms with van der Waals surface area (Å²) in [6.45, 7) is 3.55. The third-order valence-corrected chi connectivity index (χ3v) is 6.12. The highest BCUT2D eigenvalue weighted by molar-refractivity contribution is 7.91. The van der Waals surface area contributed by atoms with E-state index in [2.05, 4.69) is 0 Å². The molecular weight excluding hydrogens is 368 g/mol. The SMILES string of the molecule is CCN(C(=O)[C@@H](C)OC(=O)c1ccc(Cl)cc1N)[C@@H]1CCS(=O)(=O)C1. The number of halogens is 1. The fraction of sp³-hybridized carbons (Fsp3) is 0.500. The van der Waals surface area contributed by atoms with Crippen molar-refractivity contribution in [2.45, 2.75) is 32.4 Å². The van der Waals surface area contributed by atoms with Crippen LogP contribution in [0.2, 0.25) is 5.02 Å². The van der Waals surface area contributed by atoms with E-state index < -0.39 is 27.8 Å². The molecule has 2 N–H and O–H groups in total. The molecule has 7 nitrogen and oxygen atoms in total. The summed E-state index contributed by atoms with van der Waals surface area (Å²) in [7, 11) is -3.12. The molecule has 1 saturated heterocycles. The van der Waals surface area contributed by atoms with Gasteiger partial charge in [-0.3, -0.25) is 4.79 Å². The maximum Gasteiger partial charge on any atom is 0.341 e. The predicted octanol–water partition coefficient (Wildman–Crippen LogP) is 1.50. The van der Waals surface area contributed by atoms with Gasteiger partial charge in [0.05, 0.1) is 17.1 Å². The van der Waals surface area contributed by atoms with E-state index in [0.717, 1.165) is 0 Å². The van der Waals surface area contributed by atoms with E-state index in [4.69, 9.17) is 22.1 Å². The number of amides is 1. The Labute approximate surface area is 152 Å². The Morgan fingerprint density at radius 3 is 2.64 bits per heavy atom. The van der Waals surface area contributed by atoms with Crippen molar-refractivity contribution in [3.05, 3.63) is 28.8 Å². The van der Waals surface area contributed by atoms with Gasteiger partial charge in [0.1, 0.15) is 0 Å². The van der Waals surface area contributed by atoms with Crippen LogP contribution < -0.4 is 5.73 Å². The van der Waals surface area contributed by atoms with Gasteiger partial charge in [0.15, 0.2) is 15.9 Å². The van der Waals surface area contributed by atoms with Gasteiger partial charge in [-0.15, -0.1) is 0 Å². The number of anilines is 1. The zero-order valence-corrected chi connectivity index (χ0v) is 15.6. The lowest BCUT2D eigenvalue weighted by molar-refractivity contribution is -0.141. The molecule has 1 aliphatic heterocycles. The topological polar surface area (TPSA) is 107 Å². The summed E-state index contributed by atoms with van der Waals surface area (Å²) in [6.07, 6.45) is -0.655. The van der Waals surface area contributed by atoms with Crippen LogP contribution in [0.3, 0.4) is 0 Å². The molecule has 1 aromatic carbocycles. The number of sulfone groups is 1. The average Bonchev–Trinajstić information content (AvgIpc) is 2.87. The van der Waals surface area contributed by atoms with Crippen LogP contribution in [-0.2, 0) is 19.4 Å². The molecule has 1 amide bonds. The van der Waals surface area contributed by atoms with Crippen molar-refractivity contribution in [2.75, 3.05) is 23.8 Å².